The monoisotopic (exact) mass is 563 g/mol. The molecule has 4 heterocycles. The molecule has 3 aromatic heterocycles. The highest BCUT2D eigenvalue weighted by Gasteiger charge is 2.51. The van der Waals surface area contributed by atoms with Crippen LogP contribution < -0.4 is 20.3 Å². The standard InChI is InChI=1S/C28H24F3N7O3/c1-27(2)25(39)38(19-9-11-20(12-10-19)41-28(29,30)31)26(40)37(27)17-18-15-23(34-21-7-3-5-13-32-21)36-24(16-18)35-22-8-4-6-14-33-22/h3-16H,17H2,1-2H3,(H2,32,33,34,35,36). The molecule has 0 saturated carbocycles. The van der Waals surface area contributed by atoms with Gasteiger partial charge >= 0.3 is 12.4 Å². The molecule has 2 N–H and O–H groups in total. The number of anilines is 5. The number of nitrogens with one attached hydrogen (secondary N) is 2. The summed E-state index contributed by atoms with van der Waals surface area (Å²) in [4.78, 5) is 42.4. The number of amides is 3. The third kappa shape index (κ3) is 6.19. The minimum Gasteiger partial charge on any atom is -0.406 e. The van der Waals surface area contributed by atoms with Crippen LogP contribution in [0, 0.1) is 0 Å². The average Bonchev–Trinajstić information content (AvgIpc) is 3.08. The van der Waals surface area contributed by atoms with Crippen LogP contribution in [0.5, 0.6) is 5.75 Å². The molecule has 3 amide bonds. The Balaban J connectivity index is 1.43. The molecule has 13 heteroatoms. The van der Waals surface area contributed by atoms with E-state index in [1.165, 1.54) is 17.0 Å². The van der Waals surface area contributed by atoms with E-state index in [-0.39, 0.29) is 12.2 Å². The molecular weight excluding hydrogens is 539 g/mol. The topological polar surface area (TPSA) is 113 Å². The number of carbonyl (C=O) groups excluding carboxylic acids is 2. The van der Waals surface area contributed by atoms with E-state index in [2.05, 4.69) is 30.3 Å². The van der Waals surface area contributed by atoms with Crippen molar-refractivity contribution in [2.45, 2.75) is 32.3 Å². The number of rotatable bonds is 8. The van der Waals surface area contributed by atoms with E-state index in [0.29, 0.717) is 28.8 Å². The Bertz CT molecular complexity index is 1490. The number of aromatic nitrogens is 3. The number of ether oxygens (including phenoxy) is 1. The van der Waals surface area contributed by atoms with Crippen molar-refractivity contribution in [2.75, 3.05) is 15.5 Å². The predicted molar refractivity (Wildman–Crippen MR) is 145 cm³/mol. The maximum Gasteiger partial charge on any atom is 0.573 e. The fourth-order valence-corrected chi connectivity index (χ4v) is 4.25. The molecule has 0 radical (unpaired) electrons. The Kier molecular flexibility index (Phi) is 7.18. The number of nitrogens with zero attached hydrogens (tertiary/aromatic N) is 5. The molecule has 1 aliphatic heterocycles. The molecule has 0 aliphatic carbocycles. The van der Waals surface area contributed by atoms with Gasteiger partial charge in [-0.1, -0.05) is 12.1 Å². The van der Waals surface area contributed by atoms with Crippen LogP contribution >= 0.6 is 0 Å². The van der Waals surface area contributed by atoms with E-state index < -0.39 is 29.6 Å². The SMILES string of the molecule is CC1(C)C(=O)N(c2ccc(OC(F)(F)F)cc2)C(=O)N1Cc1cc(Nc2ccccn2)nc(Nc2ccccn2)c1. The Morgan fingerprint density at radius 3 is 1.88 bits per heavy atom. The van der Waals surface area contributed by atoms with Gasteiger partial charge in [0.2, 0.25) is 0 Å². The summed E-state index contributed by atoms with van der Waals surface area (Å²) in [6.07, 6.45) is -1.60. The van der Waals surface area contributed by atoms with E-state index in [1.54, 1.807) is 62.6 Å². The lowest BCUT2D eigenvalue weighted by Gasteiger charge is -2.28. The van der Waals surface area contributed by atoms with E-state index >= 15 is 0 Å². The lowest BCUT2D eigenvalue weighted by molar-refractivity contribution is -0.274. The smallest absolute Gasteiger partial charge is 0.406 e. The molecule has 1 saturated heterocycles. The number of pyridine rings is 3. The lowest BCUT2D eigenvalue weighted by Crippen LogP contribution is -2.43. The van der Waals surface area contributed by atoms with Gasteiger partial charge in [-0.2, -0.15) is 0 Å². The highest BCUT2D eigenvalue weighted by atomic mass is 19.4. The van der Waals surface area contributed by atoms with Crippen LogP contribution in [0.2, 0.25) is 0 Å². The van der Waals surface area contributed by atoms with Gasteiger partial charge in [-0.25, -0.2) is 24.6 Å². The van der Waals surface area contributed by atoms with Crippen LogP contribution in [0.1, 0.15) is 19.4 Å². The molecule has 5 rings (SSSR count). The van der Waals surface area contributed by atoms with Crippen molar-refractivity contribution in [3.63, 3.8) is 0 Å². The zero-order valence-electron chi connectivity index (χ0n) is 21.9. The molecule has 0 bridgehead atoms. The molecular formula is C28H24F3N7O3. The second-order valence-electron chi connectivity index (χ2n) is 9.54. The summed E-state index contributed by atoms with van der Waals surface area (Å²) in [6.45, 7) is 3.24. The second kappa shape index (κ2) is 10.8. The van der Waals surface area contributed by atoms with Gasteiger partial charge in [0.25, 0.3) is 5.91 Å². The first-order valence-electron chi connectivity index (χ1n) is 12.4. The highest BCUT2D eigenvalue weighted by molar-refractivity contribution is 6.22. The van der Waals surface area contributed by atoms with Crippen molar-refractivity contribution in [1.82, 2.24) is 19.9 Å². The molecule has 210 valence electrons. The molecule has 1 aromatic carbocycles. The van der Waals surface area contributed by atoms with Crippen LogP contribution in [-0.2, 0) is 11.3 Å². The maximum atomic E-state index is 13.6. The molecule has 41 heavy (non-hydrogen) atoms. The third-order valence-corrected chi connectivity index (χ3v) is 6.22. The summed E-state index contributed by atoms with van der Waals surface area (Å²) < 4.78 is 41.6. The lowest BCUT2D eigenvalue weighted by atomic mass is 10.0. The number of hydrogen-bond acceptors (Lipinski definition) is 8. The van der Waals surface area contributed by atoms with E-state index in [0.717, 1.165) is 17.0 Å². The van der Waals surface area contributed by atoms with E-state index in [1.807, 2.05) is 12.1 Å². The molecule has 4 aromatic rings. The van der Waals surface area contributed by atoms with Crippen molar-refractivity contribution in [1.29, 1.82) is 0 Å². The number of alkyl halides is 3. The van der Waals surface area contributed by atoms with Crippen molar-refractivity contribution in [3.8, 4) is 5.75 Å². The fraction of sp³-hybridized carbons (Fsp3) is 0.179. The van der Waals surface area contributed by atoms with Gasteiger partial charge in [-0.15, -0.1) is 13.2 Å². The Labute approximate surface area is 232 Å². The number of hydrogen-bond donors (Lipinski definition) is 2. The molecule has 10 nitrogen and oxygen atoms in total. The first kappa shape index (κ1) is 27.4. The number of benzene rings is 1. The van der Waals surface area contributed by atoms with E-state index in [9.17, 15) is 22.8 Å². The Hall–Kier alpha value is -5.20. The van der Waals surface area contributed by atoms with Crippen molar-refractivity contribution >= 4 is 40.9 Å². The molecule has 0 spiro atoms. The summed E-state index contributed by atoms with van der Waals surface area (Å²) in [6, 6.07) is 18.1. The summed E-state index contributed by atoms with van der Waals surface area (Å²) in [5.74, 6) is 0.990. The third-order valence-electron chi connectivity index (χ3n) is 6.22. The number of imide groups is 1. The summed E-state index contributed by atoms with van der Waals surface area (Å²) in [5.41, 5.74) is -0.498. The Morgan fingerprint density at radius 1 is 0.829 bits per heavy atom. The number of halogens is 3. The quantitative estimate of drug-likeness (QED) is 0.251. The van der Waals surface area contributed by atoms with E-state index in [4.69, 9.17) is 0 Å². The van der Waals surface area contributed by atoms with Crippen LogP contribution in [0.15, 0.2) is 85.2 Å². The summed E-state index contributed by atoms with van der Waals surface area (Å²) in [5, 5.41) is 6.27. The minimum atomic E-state index is -4.86. The normalized spacial score (nSPS) is 14.8. The van der Waals surface area contributed by atoms with Gasteiger partial charge in [-0.3, -0.25) is 4.79 Å². The van der Waals surface area contributed by atoms with Gasteiger partial charge in [0.15, 0.2) is 0 Å². The Morgan fingerprint density at radius 2 is 1.39 bits per heavy atom. The minimum absolute atomic E-state index is 0.0274. The first-order valence-corrected chi connectivity index (χ1v) is 12.4. The summed E-state index contributed by atoms with van der Waals surface area (Å²) in [7, 11) is 0. The van der Waals surface area contributed by atoms with Crippen molar-refractivity contribution < 1.29 is 27.5 Å². The second-order valence-corrected chi connectivity index (χ2v) is 9.54. The van der Waals surface area contributed by atoms with Gasteiger partial charge < -0.3 is 20.3 Å². The molecule has 1 fully saturated rings. The zero-order valence-corrected chi connectivity index (χ0v) is 21.9. The molecule has 0 unspecified atom stereocenters. The van der Waals surface area contributed by atoms with Crippen molar-refractivity contribution in [2.24, 2.45) is 0 Å². The fourth-order valence-electron chi connectivity index (χ4n) is 4.25. The van der Waals surface area contributed by atoms with Gasteiger partial charge in [0, 0.05) is 18.9 Å². The summed E-state index contributed by atoms with van der Waals surface area (Å²) >= 11 is 0. The van der Waals surface area contributed by atoms with Crippen molar-refractivity contribution in [3.05, 3.63) is 90.8 Å². The van der Waals surface area contributed by atoms with Gasteiger partial charge in [0.05, 0.1) is 5.69 Å². The average molecular weight is 564 g/mol. The highest BCUT2D eigenvalue weighted by Crippen LogP contribution is 2.35. The predicted octanol–water partition coefficient (Wildman–Crippen LogP) is 6.00. The molecule has 0 atom stereocenters. The maximum absolute atomic E-state index is 13.6. The van der Waals surface area contributed by atoms with Crippen LogP contribution in [0.25, 0.3) is 0 Å². The van der Waals surface area contributed by atoms with Crippen LogP contribution in [-0.4, -0.2) is 43.7 Å². The van der Waals surface area contributed by atoms with Gasteiger partial charge in [-0.05, 0) is 80.1 Å². The van der Waals surface area contributed by atoms with Crippen LogP contribution in [0.3, 0.4) is 0 Å². The van der Waals surface area contributed by atoms with Gasteiger partial charge in [0.1, 0.15) is 34.6 Å². The number of carbonyl (C=O) groups is 2. The largest absolute Gasteiger partial charge is 0.573 e. The first-order chi connectivity index (χ1) is 19.5. The number of urea groups is 1. The zero-order chi connectivity index (χ0) is 29.2. The molecule has 1 aliphatic rings. The van der Waals surface area contributed by atoms with Crippen LogP contribution in [0.4, 0.5) is 46.9 Å².